The molecule has 0 saturated heterocycles. The third-order valence-corrected chi connectivity index (χ3v) is 7.37. The summed E-state index contributed by atoms with van der Waals surface area (Å²) in [6, 6.07) is 20.3. The summed E-state index contributed by atoms with van der Waals surface area (Å²) in [5, 5.41) is 2.65. The average Bonchev–Trinajstić information content (AvgIpc) is 3.41. The van der Waals surface area contributed by atoms with E-state index in [1.807, 2.05) is 0 Å². The topological polar surface area (TPSA) is 0 Å². The van der Waals surface area contributed by atoms with E-state index in [1.165, 1.54) is 66.1 Å². The minimum absolute atomic E-state index is 0.00137. The van der Waals surface area contributed by atoms with Gasteiger partial charge in [-0.1, -0.05) is 102 Å². The van der Waals surface area contributed by atoms with Gasteiger partial charge in [0.1, 0.15) is 0 Å². The second-order valence-electron chi connectivity index (χ2n) is 12.3. The molecule has 35 heavy (non-hydrogen) atoms. The van der Waals surface area contributed by atoms with Gasteiger partial charge in [0.25, 0.3) is 0 Å². The van der Waals surface area contributed by atoms with E-state index in [0.29, 0.717) is 0 Å². The number of fused-ring (bicyclic) bond motifs is 3. The summed E-state index contributed by atoms with van der Waals surface area (Å²) in [7, 11) is 0. The number of rotatable bonds is 2. The predicted molar refractivity (Wildman–Crippen MR) is 153 cm³/mol. The lowest BCUT2D eigenvalue weighted by molar-refractivity contribution is 0.583. The van der Waals surface area contributed by atoms with Gasteiger partial charge in [-0.05, 0) is 110 Å². The molecule has 0 unspecified atom stereocenters. The van der Waals surface area contributed by atoms with Crippen LogP contribution >= 0.6 is 0 Å². The van der Waals surface area contributed by atoms with Gasteiger partial charge in [0.05, 0.1) is 0 Å². The van der Waals surface area contributed by atoms with Crippen molar-refractivity contribution in [1.82, 2.24) is 0 Å². The Hall–Kier alpha value is -3.12. The molecule has 3 aromatic carbocycles. The summed E-state index contributed by atoms with van der Waals surface area (Å²) >= 11 is 0. The Bertz CT molecular complexity index is 1500. The zero-order valence-electron chi connectivity index (χ0n) is 22.6. The summed E-state index contributed by atoms with van der Waals surface area (Å²) in [6.07, 6.45) is 9.51. The molecule has 0 spiro atoms. The van der Waals surface area contributed by atoms with Crippen LogP contribution in [0.15, 0.2) is 66.7 Å². The zero-order chi connectivity index (χ0) is 25.1. The number of hydrogen-bond acceptors (Lipinski definition) is 0. The number of hydrogen-bond donors (Lipinski definition) is 0. The molecular formula is C35H37. The Labute approximate surface area is 211 Å². The van der Waals surface area contributed by atoms with E-state index in [2.05, 4.69) is 128 Å². The molecule has 0 heterocycles. The first-order chi connectivity index (χ1) is 16.5. The minimum Gasteiger partial charge on any atom is -0.0795 e. The quantitative estimate of drug-likeness (QED) is 0.286. The first kappa shape index (κ1) is 23.6. The van der Waals surface area contributed by atoms with Crippen LogP contribution in [0.3, 0.4) is 0 Å². The highest BCUT2D eigenvalue weighted by Crippen LogP contribution is 2.40. The van der Waals surface area contributed by atoms with Crippen LogP contribution in [0.2, 0.25) is 0 Å². The molecule has 2 aliphatic carbocycles. The molecule has 177 valence electrons. The first-order valence-corrected chi connectivity index (χ1v) is 12.9. The lowest BCUT2D eigenvalue weighted by Gasteiger charge is -2.27. The highest BCUT2D eigenvalue weighted by Gasteiger charge is 2.29. The van der Waals surface area contributed by atoms with Crippen LogP contribution in [0.25, 0.3) is 33.9 Å². The molecule has 0 saturated carbocycles. The molecule has 3 aromatic rings. The van der Waals surface area contributed by atoms with E-state index >= 15 is 0 Å². The molecule has 0 heteroatoms. The Kier molecular flexibility index (Phi) is 5.55. The molecule has 2 aliphatic rings. The maximum absolute atomic E-state index is 3.92. The number of allylic oxidation sites excluding steroid dienone is 4. The van der Waals surface area contributed by atoms with Gasteiger partial charge in [-0.25, -0.2) is 0 Å². The standard InChI is InChI=1S/C35H37/c1-22(2)29-21-30-27-18-17-25(34(3,4)5)19-24(27)20-31(30)32(33(29)35(6,7)8)28-16-12-15-26(28)23-13-10-9-11-14-23/h9-15,17-19,21H,16H2,1-8H3. The maximum atomic E-state index is 3.92. The lowest BCUT2D eigenvalue weighted by atomic mass is 9.76. The molecule has 0 nitrogen and oxygen atoms in total. The van der Waals surface area contributed by atoms with Crippen molar-refractivity contribution in [1.29, 1.82) is 0 Å². The molecule has 0 bridgehead atoms. The largest absolute Gasteiger partial charge is 0.0795 e. The van der Waals surface area contributed by atoms with Gasteiger partial charge in [0.15, 0.2) is 0 Å². The first-order valence-electron chi connectivity index (χ1n) is 12.9. The van der Waals surface area contributed by atoms with E-state index in [-0.39, 0.29) is 10.8 Å². The normalized spacial score (nSPS) is 14.7. The fourth-order valence-electron chi connectivity index (χ4n) is 5.61. The third-order valence-electron chi connectivity index (χ3n) is 7.37. The van der Waals surface area contributed by atoms with Gasteiger partial charge in [0, 0.05) is 0 Å². The second kappa shape index (κ2) is 8.23. The summed E-state index contributed by atoms with van der Waals surface area (Å²) in [6.45, 7) is 18.4. The summed E-state index contributed by atoms with van der Waals surface area (Å²) in [5.74, 6) is 0. The van der Waals surface area contributed by atoms with E-state index < -0.39 is 0 Å². The molecule has 5 rings (SSSR count). The molecule has 0 atom stereocenters. The van der Waals surface area contributed by atoms with Crippen molar-refractivity contribution in [2.75, 3.05) is 0 Å². The van der Waals surface area contributed by atoms with E-state index in [9.17, 15) is 0 Å². The van der Waals surface area contributed by atoms with Crippen LogP contribution in [0.1, 0.15) is 89.6 Å². The van der Waals surface area contributed by atoms with Crippen molar-refractivity contribution in [3.05, 3.63) is 105 Å². The lowest BCUT2D eigenvalue weighted by Crippen LogP contribution is -2.31. The van der Waals surface area contributed by atoms with Crippen molar-refractivity contribution in [3.63, 3.8) is 0 Å². The Morgan fingerprint density at radius 2 is 1.51 bits per heavy atom. The van der Waals surface area contributed by atoms with Gasteiger partial charge in [-0.2, -0.15) is 0 Å². The molecule has 0 aliphatic heterocycles. The van der Waals surface area contributed by atoms with Crippen LogP contribution in [-0.4, -0.2) is 0 Å². The predicted octanol–water partition coefficient (Wildman–Crippen LogP) is 8.03. The fourth-order valence-corrected chi connectivity index (χ4v) is 5.61. The monoisotopic (exact) mass is 457 g/mol. The molecule has 0 aromatic heterocycles. The Balaban J connectivity index is 1.93. The molecule has 0 amide bonds. The van der Waals surface area contributed by atoms with Crippen molar-refractivity contribution in [2.24, 2.45) is 0 Å². The highest BCUT2D eigenvalue weighted by atomic mass is 14.3. The Morgan fingerprint density at radius 1 is 0.800 bits per heavy atom. The van der Waals surface area contributed by atoms with Gasteiger partial charge in [-0.3, -0.25) is 0 Å². The van der Waals surface area contributed by atoms with E-state index in [1.54, 1.807) is 0 Å². The summed E-state index contributed by atoms with van der Waals surface area (Å²) < 4.78 is 0. The average molecular weight is 458 g/mol. The third kappa shape index (κ3) is 4.04. The highest BCUT2D eigenvalue weighted by molar-refractivity contribution is 6.01. The van der Waals surface area contributed by atoms with Gasteiger partial charge >= 0.3 is 0 Å². The van der Waals surface area contributed by atoms with Crippen molar-refractivity contribution in [3.8, 4) is 11.1 Å². The van der Waals surface area contributed by atoms with Crippen LogP contribution < -0.4 is 10.4 Å². The maximum Gasteiger partial charge on any atom is -0.000731 e. The Morgan fingerprint density at radius 3 is 2.14 bits per heavy atom. The van der Waals surface area contributed by atoms with Crippen molar-refractivity contribution in [2.45, 2.75) is 72.6 Å². The van der Waals surface area contributed by atoms with E-state index in [4.69, 9.17) is 0 Å². The van der Waals surface area contributed by atoms with E-state index in [0.717, 1.165) is 6.42 Å². The molecular weight excluding hydrogens is 420 g/mol. The molecule has 0 N–H and O–H groups in total. The summed E-state index contributed by atoms with van der Waals surface area (Å²) in [5.41, 5.74) is 13.6. The van der Waals surface area contributed by atoms with Crippen LogP contribution in [0.4, 0.5) is 0 Å². The van der Waals surface area contributed by atoms with Crippen molar-refractivity contribution >= 4 is 22.8 Å². The fraction of sp³-hybridized carbons (Fsp3) is 0.314. The number of benzene rings is 3. The molecule has 0 fully saturated rings. The van der Waals surface area contributed by atoms with Crippen molar-refractivity contribution < 1.29 is 0 Å². The minimum atomic E-state index is 0.00137. The van der Waals surface area contributed by atoms with Crippen LogP contribution in [0.5, 0.6) is 0 Å². The van der Waals surface area contributed by atoms with Crippen LogP contribution in [-0.2, 0) is 10.8 Å². The van der Waals surface area contributed by atoms with Gasteiger partial charge in [0.2, 0.25) is 0 Å². The van der Waals surface area contributed by atoms with Gasteiger partial charge < -0.3 is 0 Å². The molecule has 1 radical (unpaired) electrons. The van der Waals surface area contributed by atoms with Gasteiger partial charge in [-0.15, -0.1) is 0 Å². The van der Waals surface area contributed by atoms with Crippen LogP contribution in [0, 0.1) is 0 Å². The smallest absolute Gasteiger partial charge is 0.000731 e. The SMILES string of the molecule is CC(C)=c1cc2c(c(C3=C(c4ccccc4)C=CC3)c1C(C)(C)C)=[C]c1cc(C(C)(C)C)ccc1-2. The zero-order valence-corrected chi connectivity index (χ0v) is 22.6. The summed E-state index contributed by atoms with van der Waals surface area (Å²) in [4.78, 5) is 0. The second-order valence-corrected chi connectivity index (χ2v) is 12.3.